The van der Waals surface area contributed by atoms with Crippen molar-refractivity contribution in [2.75, 3.05) is 0 Å². The highest BCUT2D eigenvalue weighted by atomic mass is 16.2. The molecule has 1 aromatic rings. The summed E-state index contributed by atoms with van der Waals surface area (Å²) in [6, 6.07) is 1.62. The summed E-state index contributed by atoms with van der Waals surface area (Å²) in [5.74, 6) is -0.624. The maximum atomic E-state index is 11.3. The Hall–Kier alpha value is -1.91. The molecule has 86 valence electrons. The Labute approximate surface area is 94.1 Å². The molecule has 0 saturated carbocycles. The largest absolute Gasteiger partial charge is 0.366 e. The molecule has 0 bridgehead atoms. The third-order valence-corrected chi connectivity index (χ3v) is 2.07. The summed E-state index contributed by atoms with van der Waals surface area (Å²) in [7, 11) is 0. The van der Waals surface area contributed by atoms with Crippen LogP contribution in [0.5, 0.6) is 0 Å². The van der Waals surface area contributed by atoms with Gasteiger partial charge in [-0.3, -0.25) is 14.6 Å². The normalized spacial score (nSPS) is 10.2. The fourth-order valence-electron chi connectivity index (χ4n) is 1.11. The summed E-state index contributed by atoms with van der Waals surface area (Å²) in [6.45, 7) is 3.98. The fraction of sp³-hybridized carbons (Fsp3) is 0.364. The highest BCUT2D eigenvalue weighted by molar-refractivity contribution is 5.92. The second-order valence-corrected chi connectivity index (χ2v) is 3.82. The summed E-state index contributed by atoms with van der Waals surface area (Å²) >= 11 is 0. The molecule has 0 saturated heterocycles. The Bertz CT molecular complexity index is 402. The molecule has 2 amide bonds. The van der Waals surface area contributed by atoms with Gasteiger partial charge >= 0.3 is 0 Å². The monoisotopic (exact) mass is 221 g/mol. The molecule has 0 fully saturated rings. The summed E-state index contributed by atoms with van der Waals surface area (Å²) in [4.78, 5) is 26.1. The van der Waals surface area contributed by atoms with Gasteiger partial charge in [-0.15, -0.1) is 0 Å². The van der Waals surface area contributed by atoms with Crippen molar-refractivity contribution in [1.29, 1.82) is 0 Å². The SMILES string of the molecule is CC(C)C(=O)NCc1cncc(C(N)=O)c1. The number of amides is 2. The third-order valence-electron chi connectivity index (χ3n) is 2.07. The molecular formula is C11H15N3O2. The molecule has 0 aliphatic heterocycles. The molecule has 0 aromatic carbocycles. The quantitative estimate of drug-likeness (QED) is 0.774. The van der Waals surface area contributed by atoms with Gasteiger partial charge in [0.2, 0.25) is 11.8 Å². The Balaban J connectivity index is 2.64. The van der Waals surface area contributed by atoms with E-state index in [4.69, 9.17) is 5.73 Å². The molecule has 5 heteroatoms. The lowest BCUT2D eigenvalue weighted by Gasteiger charge is -2.07. The number of pyridine rings is 1. The Morgan fingerprint density at radius 2 is 2.12 bits per heavy atom. The molecule has 1 heterocycles. The maximum Gasteiger partial charge on any atom is 0.250 e. The van der Waals surface area contributed by atoms with Gasteiger partial charge in [-0.05, 0) is 11.6 Å². The molecule has 1 aromatic heterocycles. The van der Waals surface area contributed by atoms with E-state index in [0.717, 1.165) is 5.56 Å². The number of nitrogens with zero attached hydrogens (tertiary/aromatic N) is 1. The second-order valence-electron chi connectivity index (χ2n) is 3.82. The van der Waals surface area contributed by atoms with Crippen molar-refractivity contribution in [1.82, 2.24) is 10.3 Å². The van der Waals surface area contributed by atoms with Crippen molar-refractivity contribution in [2.24, 2.45) is 11.7 Å². The van der Waals surface area contributed by atoms with E-state index in [1.165, 1.54) is 6.20 Å². The summed E-state index contributed by atoms with van der Waals surface area (Å²) in [5, 5.41) is 2.73. The van der Waals surface area contributed by atoms with Gasteiger partial charge in [-0.25, -0.2) is 0 Å². The van der Waals surface area contributed by atoms with Crippen LogP contribution in [-0.2, 0) is 11.3 Å². The van der Waals surface area contributed by atoms with Crippen LogP contribution in [0.4, 0.5) is 0 Å². The number of carbonyl (C=O) groups is 2. The number of hydrogen-bond acceptors (Lipinski definition) is 3. The smallest absolute Gasteiger partial charge is 0.250 e. The van der Waals surface area contributed by atoms with Crippen molar-refractivity contribution < 1.29 is 9.59 Å². The average molecular weight is 221 g/mol. The first-order valence-electron chi connectivity index (χ1n) is 5.02. The molecule has 0 radical (unpaired) electrons. The standard InChI is InChI=1S/C11H15N3O2/c1-7(2)11(16)14-5-8-3-9(10(12)15)6-13-4-8/h3-4,6-7H,5H2,1-2H3,(H2,12,15)(H,14,16). The predicted octanol–water partition coefficient (Wildman–Crippen LogP) is 0.453. The van der Waals surface area contributed by atoms with Crippen molar-refractivity contribution >= 4 is 11.8 Å². The van der Waals surface area contributed by atoms with E-state index in [2.05, 4.69) is 10.3 Å². The lowest BCUT2D eigenvalue weighted by atomic mass is 10.1. The first-order valence-corrected chi connectivity index (χ1v) is 5.02. The van der Waals surface area contributed by atoms with E-state index in [0.29, 0.717) is 12.1 Å². The zero-order valence-corrected chi connectivity index (χ0v) is 9.36. The Kier molecular flexibility index (Phi) is 3.99. The highest BCUT2D eigenvalue weighted by Crippen LogP contribution is 2.02. The van der Waals surface area contributed by atoms with Crippen molar-refractivity contribution in [3.8, 4) is 0 Å². The number of nitrogens with one attached hydrogen (secondary N) is 1. The fourth-order valence-corrected chi connectivity index (χ4v) is 1.11. The van der Waals surface area contributed by atoms with Crippen molar-refractivity contribution in [2.45, 2.75) is 20.4 Å². The van der Waals surface area contributed by atoms with Crippen LogP contribution in [0.1, 0.15) is 29.8 Å². The van der Waals surface area contributed by atoms with E-state index in [-0.39, 0.29) is 11.8 Å². The van der Waals surface area contributed by atoms with E-state index < -0.39 is 5.91 Å². The number of nitrogens with two attached hydrogens (primary N) is 1. The van der Waals surface area contributed by atoms with Crippen LogP contribution in [0.15, 0.2) is 18.5 Å². The zero-order chi connectivity index (χ0) is 12.1. The molecule has 3 N–H and O–H groups in total. The Morgan fingerprint density at radius 3 is 2.69 bits per heavy atom. The molecule has 0 unspecified atom stereocenters. The molecular weight excluding hydrogens is 206 g/mol. The van der Waals surface area contributed by atoms with E-state index in [1.807, 2.05) is 13.8 Å². The second kappa shape index (κ2) is 5.25. The number of primary amides is 1. The van der Waals surface area contributed by atoms with E-state index in [9.17, 15) is 9.59 Å². The number of aromatic nitrogens is 1. The van der Waals surface area contributed by atoms with Crippen LogP contribution in [0.25, 0.3) is 0 Å². The zero-order valence-electron chi connectivity index (χ0n) is 9.36. The van der Waals surface area contributed by atoms with Gasteiger partial charge in [0.15, 0.2) is 0 Å². The van der Waals surface area contributed by atoms with Gasteiger partial charge in [0.25, 0.3) is 0 Å². The third kappa shape index (κ3) is 3.34. The van der Waals surface area contributed by atoms with Gasteiger partial charge in [0.05, 0.1) is 5.56 Å². The van der Waals surface area contributed by atoms with Crippen LogP contribution >= 0.6 is 0 Å². The minimum absolute atomic E-state index is 0.0375. The van der Waals surface area contributed by atoms with Gasteiger partial charge in [0.1, 0.15) is 0 Å². The van der Waals surface area contributed by atoms with E-state index in [1.54, 1.807) is 12.3 Å². The Morgan fingerprint density at radius 1 is 1.44 bits per heavy atom. The van der Waals surface area contributed by atoms with Crippen molar-refractivity contribution in [3.05, 3.63) is 29.6 Å². The number of carbonyl (C=O) groups excluding carboxylic acids is 2. The highest BCUT2D eigenvalue weighted by Gasteiger charge is 2.07. The molecule has 0 aliphatic rings. The number of hydrogen-bond donors (Lipinski definition) is 2. The van der Waals surface area contributed by atoms with Crippen LogP contribution < -0.4 is 11.1 Å². The molecule has 0 aliphatic carbocycles. The topological polar surface area (TPSA) is 85.1 Å². The lowest BCUT2D eigenvalue weighted by molar-refractivity contribution is -0.124. The average Bonchev–Trinajstić information content (AvgIpc) is 2.26. The molecule has 1 rings (SSSR count). The van der Waals surface area contributed by atoms with Gasteiger partial charge in [-0.2, -0.15) is 0 Å². The first kappa shape index (κ1) is 12.2. The first-order chi connectivity index (χ1) is 7.50. The van der Waals surface area contributed by atoms with Crippen LogP contribution in [0.3, 0.4) is 0 Å². The van der Waals surface area contributed by atoms with Gasteiger partial charge in [-0.1, -0.05) is 13.8 Å². The summed E-state index contributed by atoms with van der Waals surface area (Å²) in [6.07, 6.45) is 2.99. The number of rotatable bonds is 4. The van der Waals surface area contributed by atoms with Crippen LogP contribution in [0.2, 0.25) is 0 Å². The summed E-state index contributed by atoms with van der Waals surface area (Å²) < 4.78 is 0. The minimum atomic E-state index is -0.524. The van der Waals surface area contributed by atoms with Gasteiger partial charge in [0, 0.05) is 24.9 Å². The van der Waals surface area contributed by atoms with Crippen LogP contribution in [0, 0.1) is 5.92 Å². The molecule has 0 spiro atoms. The maximum absolute atomic E-state index is 11.3. The van der Waals surface area contributed by atoms with Gasteiger partial charge < -0.3 is 11.1 Å². The molecule has 16 heavy (non-hydrogen) atoms. The lowest BCUT2D eigenvalue weighted by Crippen LogP contribution is -2.27. The predicted molar refractivity (Wildman–Crippen MR) is 59.4 cm³/mol. The minimum Gasteiger partial charge on any atom is -0.366 e. The molecule has 5 nitrogen and oxygen atoms in total. The summed E-state index contributed by atoms with van der Waals surface area (Å²) in [5.41, 5.74) is 6.22. The van der Waals surface area contributed by atoms with E-state index >= 15 is 0 Å². The van der Waals surface area contributed by atoms with Crippen molar-refractivity contribution in [3.63, 3.8) is 0 Å². The molecule has 0 atom stereocenters. The van der Waals surface area contributed by atoms with Crippen LogP contribution in [-0.4, -0.2) is 16.8 Å².